The number of aromatic nitrogens is 1. The van der Waals surface area contributed by atoms with Gasteiger partial charge < -0.3 is 25.2 Å². The van der Waals surface area contributed by atoms with E-state index in [9.17, 15) is 23.2 Å². The Morgan fingerprint density at radius 3 is 2.36 bits per heavy atom. The summed E-state index contributed by atoms with van der Waals surface area (Å²) in [5.74, 6) is -2.92. The van der Waals surface area contributed by atoms with E-state index in [0.29, 0.717) is 28.9 Å². The number of esters is 1. The molecule has 1 unspecified atom stereocenters. The maximum Gasteiger partial charge on any atom is 0.328 e. The summed E-state index contributed by atoms with van der Waals surface area (Å²) in [6.45, 7) is 5.54. The summed E-state index contributed by atoms with van der Waals surface area (Å²) >= 11 is 0. The fourth-order valence-corrected chi connectivity index (χ4v) is 3.42. The molecule has 0 bridgehead atoms. The maximum atomic E-state index is 13.8. The van der Waals surface area contributed by atoms with Crippen LogP contribution in [0.5, 0.6) is 0 Å². The lowest BCUT2D eigenvalue weighted by Gasteiger charge is -2.17. The fourth-order valence-electron chi connectivity index (χ4n) is 3.42. The first-order valence-electron chi connectivity index (χ1n) is 11.1. The third-order valence-electron chi connectivity index (χ3n) is 5.20. The number of amides is 3. The number of anilines is 2. The zero-order valence-corrected chi connectivity index (χ0v) is 20.1. The zero-order chi connectivity index (χ0) is 26.4. The number of nitrogens with one attached hydrogen (secondary N) is 3. The number of hydrogen-bond acceptors (Lipinski definition) is 6. The number of nitrogens with zero attached hydrogens (tertiary/aromatic N) is 1. The fraction of sp³-hybridized carbons (Fsp3) is 0.280. The first kappa shape index (κ1) is 26.3. The number of methoxy groups -OCH3 is 1. The Morgan fingerprint density at radius 2 is 1.75 bits per heavy atom. The monoisotopic (exact) mass is 500 g/mol. The topological polar surface area (TPSA) is 123 Å². The van der Waals surface area contributed by atoms with Gasteiger partial charge in [-0.2, -0.15) is 0 Å². The number of benzene rings is 2. The van der Waals surface area contributed by atoms with Crippen molar-refractivity contribution in [3.63, 3.8) is 0 Å². The Morgan fingerprint density at radius 1 is 1.06 bits per heavy atom. The van der Waals surface area contributed by atoms with Crippen molar-refractivity contribution in [3.05, 3.63) is 65.4 Å². The van der Waals surface area contributed by atoms with Crippen LogP contribution < -0.4 is 16.0 Å². The van der Waals surface area contributed by atoms with E-state index in [0.717, 1.165) is 12.1 Å². The van der Waals surface area contributed by atoms with Crippen molar-refractivity contribution in [3.8, 4) is 11.3 Å². The summed E-state index contributed by atoms with van der Waals surface area (Å²) in [5.41, 5.74) is 1.40. The van der Waals surface area contributed by atoms with Gasteiger partial charge in [-0.05, 0) is 49.1 Å². The van der Waals surface area contributed by atoms with Gasteiger partial charge in [0.05, 0.1) is 7.11 Å². The third-order valence-corrected chi connectivity index (χ3v) is 5.20. The number of aryl methyl sites for hydroxylation is 1. The number of urea groups is 1. The van der Waals surface area contributed by atoms with Gasteiger partial charge in [0, 0.05) is 17.3 Å². The number of ether oxygens (including phenoxy) is 1. The average molecular weight is 501 g/mol. The van der Waals surface area contributed by atoms with Crippen LogP contribution in [0.2, 0.25) is 0 Å². The average Bonchev–Trinajstić information content (AvgIpc) is 3.32. The number of rotatable bonds is 8. The highest BCUT2D eigenvalue weighted by atomic mass is 19.1. The van der Waals surface area contributed by atoms with E-state index in [-0.39, 0.29) is 11.7 Å². The lowest BCUT2D eigenvalue weighted by molar-refractivity contribution is -0.143. The Hall–Kier alpha value is -4.28. The maximum absolute atomic E-state index is 13.8. The molecule has 3 amide bonds. The molecule has 1 atom stereocenters. The van der Waals surface area contributed by atoms with Crippen LogP contribution in [0.4, 0.5) is 25.0 Å². The summed E-state index contributed by atoms with van der Waals surface area (Å²) < 4.78 is 37.4. The van der Waals surface area contributed by atoms with Gasteiger partial charge in [0.25, 0.3) is 5.91 Å². The molecule has 0 fully saturated rings. The van der Waals surface area contributed by atoms with Crippen molar-refractivity contribution in [2.24, 2.45) is 5.92 Å². The highest BCUT2D eigenvalue weighted by molar-refractivity contribution is 6.00. The zero-order valence-electron chi connectivity index (χ0n) is 20.1. The molecule has 1 heterocycles. The number of carbonyl (C=O) groups excluding carboxylic acids is 3. The van der Waals surface area contributed by atoms with Crippen LogP contribution in [-0.2, 0) is 9.53 Å². The van der Waals surface area contributed by atoms with Gasteiger partial charge in [-0.25, -0.2) is 18.4 Å². The molecular formula is C25H26F2N4O5. The minimum absolute atomic E-state index is 0.0891. The minimum atomic E-state index is -0.898. The molecule has 3 aromatic rings. The highest BCUT2D eigenvalue weighted by Crippen LogP contribution is 2.25. The Balaban J connectivity index is 1.69. The van der Waals surface area contributed by atoms with Crippen molar-refractivity contribution in [1.29, 1.82) is 0 Å². The SMILES string of the molecule is COC(=O)C(CC(C)C)NC(=O)c1cc(-c2ccc(NC(=O)Nc3c(F)cccc3F)c(C)c2)no1. The van der Waals surface area contributed by atoms with E-state index in [1.807, 2.05) is 13.8 Å². The van der Waals surface area contributed by atoms with Crippen LogP contribution >= 0.6 is 0 Å². The summed E-state index contributed by atoms with van der Waals surface area (Å²) in [7, 11) is 1.25. The molecule has 0 aliphatic heterocycles. The van der Waals surface area contributed by atoms with Crippen LogP contribution in [-0.4, -0.2) is 36.2 Å². The smallest absolute Gasteiger partial charge is 0.328 e. The number of carbonyl (C=O) groups is 3. The summed E-state index contributed by atoms with van der Waals surface area (Å²) in [6.07, 6.45) is 0.393. The molecule has 11 heteroatoms. The molecule has 0 saturated heterocycles. The van der Waals surface area contributed by atoms with Crippen LogP contribution in [0.15, 0.2) is 47.0 Å². The molecule has 36 heavy (non-hydrogen) atoms. The van der Waals surface area contributed by atoms with Crippen LogP contribution in [0.3, 0.4) is 0 Å². The lowest BCUT2D eigenvalue weighted by Crippen LogP contribution is -2.42. The molecule has 2 aromatic carbocycles. The number of hydrogen-bond donors (Lipinski definition) is 3. The quantitative estimate of drug-likeness (QED) is 0.379. The molecule has 0 aliphatic carbocycles. The van der Waals surface area contributed by atoms with Crippen molar-refractivity contribution in [1.82, 2.24) is 10.5 Å². The predicted octanol–water partition coefficient (Wildman–Crippen LogP) is 4.89. The Labute approximate surface area is 206 Å². The van der Waals surface area contributed by atoms with E-state index < -0.39 is 41.3 Å². The largest absolute Gasteiger partial charge is 0.467 e. The molecule has 0 saturated carbocycles. The van der Waals surface area contributed by atoms with Crippen LogP contribution in [0.1, 0.15) is 36.4 Å². The highest BCUT2D eigenvalue weighted by Gasteiger charge is 2.25. The predicted molar refractivity (Wildman–Crippen MR) is 128 cm³/mol. The van der Waals surface area contributed by atoms with Crippen molar-refractivity contribution in [2.45, 2.75) is 33.2 Å². The molecule has 0 aliphatic rings. The van der Waals surface area contributed by atoms with Crippen LogP contribution in [0.25, 0.3) is 11.3 Å². The van der Waals surface area contributed by atoms with Gasteiger partial charge in [-0.3, -0.25) is 4.79 Å². The molecule has 3 N–H and O–H groups in total. The van der Waals surface area contributed by atoms with Crippen molar-refractivity contribution >= 4 is 29.3 Å². The lowest BCUT2D eigenvalue weighted by atomic mass is 10.0. The second kappa shape index (κ2) is 11.4. The van der Waals surface area contributed by atoms with Crippen LogP contribution in [0, 0.1) is 24.5 Å². The second-order valence-corrected chi connectivity index (χ2v) is 8.46. The minimum Gasteiger partial charge on any atom is -0.467 e. The Bertz CT molecular complexity index is 1250. The summed E-state index contributed by atoms with van der Waals surface area (Å²) in [5, 5.41) is 11.2. The Kier molecular flexibility index (Phi) is 8.36. The molecule has 3 rings (SSSR count). The van der Waals surface area contributed by atoms with E-state index in [2.05, 4.69) is 21.1 Å². The number of halogens is 2. The molecule has 0 spiro atoms. The normalized spacial score (nSPS) is 11.6. The van der Waals surface area contributed by atoms with Crippen molar-refractivity contribution < 1.29 is 32.4 Å². The van der Waals surface area contributed by atoms with Gasteiger partial charge >= 0.3 is 12.0 Å². The van der Waals surface area contributed by atoms with Gasteiger partial charge in [-0.1, -0.05) is 31.1 Å². The van der Waals surface area contributed by atoms with E-state index in [4.69, 9.17) is 9.26 Å². The van der Waals surface area contributed by atoms with E-state index >= 15 is 0 Å². The molecule has 1 aromatic heterocycles. The standard InChI is InChI=1S/C25H26F2N4O5/c1-13(2)10-20(24(33)35-4)28-23(32)21-12-19(31-36-21)15-8-9-18(14(3)11-15)29-25(34)30-22-16(26)6-5-7-17(22)27/h5-9,11-13,20H,10H2,1-4H3,(H,28,32)(H2,29,30,34). The summed E-state index contributed by atoms with van der Waals surface area (Å²) in [6, 6.07) is 7.93. The molecular weight excluding hydrogens is 474 g/mol. The van der Waals surface area contributed by atoms with E-state index in [1.165, 1.54) is 19.2 Å². The van der Waals surface area contributed by atoms with Crippen molar-refractivity contribution in [2.75, 3.05) is 17.7 Å². The van der Waals surface area contributed by atoms with E-state index in [1.54, 1.807) is 25.1 Å². The molecule has 0 radical (unpaired) electrons. The molecule has 9 nitrogen and oxygen atoms in total. The van der Waals surface area contributed by atoms with Gasteiger partial charge in [0.15, 0.2) is 0 Å². The second-order valence-electron chi connectivity index (χ2n) is 8.46. The third kappa shape index (κ3) is 6.44. The van der Waals surface area contributed by atoms with Gasteiger partial charge in [-0.15, -0.1) is 0 Å². The van der Waals surface area contributed by atoms with Gasteiger partial charge in [0.2, 0.25) is 5.76 Å². The van der Waals surface area contributed by atoms with Gasteiger partial charge in [0.1, 0.15) is 29.1 Å². The number of para-hydroxylation sites is 1. The first-order valence-corrected chi connectivity index (χ1v) is 11.1. The first-order chi connectivity index (χ1) is 17.1. The molecule has 190 valence electrons. The summed E-state index contributed by atoms with van der Waals surface area (Å²) in [4.78, 5) is 36.8.